The van der Waals surface area contributed by atoms with Crippen LogP contribution in [0.1, 0.15) is 0 Å². The zero-order valence-electron chi connectivity index (χ0n) is 3.97. The highest BCUT2D eigenvalue weighted by Crippen LogP contribution is 1.85. The third-order valence-corrected chi connectivity index (χ3v) is 0.869. The molecule has 0 unspecified atom stereocenters. The molecule has 0 aliphatic carbocycles. The van der Waals surface area contributed by atoms with Crippen LogP contribution in [0.5, 0.6) is 0 Å². The molecule has 0 N–H and O–H groups in total. The van der Waals surface area contributed by atoms with Crippen molar-refractivity contribution < 1.29 is 0 Å². The molecular formula is C4H6ClNS. The number of halogens is 1. The average Bonchev–Trinajstić information content (AvgIpc) is 2.23. The number of thiazole rings is 1. The van der Waals surface area contributed by atoms with Gasteiger partial charge in [0.05, 0.1) is 5.51 Å². The normalized spacial score (nSPS) is 6.57. The van der Waals surface area contributed by atoms with Crippen LogP contribution >= 0.6 is 22.9 Å². The number of rotatable bonds is 0. The van der Waals surface area contributed by atoms with E-state index < -0.39 is 0 Å². The molecule has 0 amide bonds. The van der Waals surface area contributed by atoms with Gasteiger partial charge in [-0.1, -0.05) is 0 Å². The predicted octanol–water partition coefficient (Wildman–Crippen LogP) is 2.00. The highest BCUT2D eigenvalue weighted by molar-refractivity contribution is 7.07. The Morgan fingerprint density at radius 3 is 2.43 bits per heavy atom. The van der Waals surface area contributed by atoms with Crippen LogP contribution in [-0.4, -0.2) is 11.4 Å². The molecule has 1 aromatic rings. The molecule has 0 saturated heterocycles. The fraction of sp³-hybridized carbons (Fsp3) is 0.250. The van der Waals surface area contributed by atoms with Crippen LogP contribution < -0.4 is 0 Å². The average molecular weight is 136 g/mol. The van der Waals surface area contributed by atoms with Crippen LogP contribution in [0, 0.1) is 0 Å². The van der Waals surface area contributed by atoms with Crippen LogP contribution in [0.4, 0.5) is 0 Å². The Balaban J connectivity index is 0.000000162. The van der Waals surface area contributed by atoms with Crippen LogP contribution in [0.2, 0.25) is 0 Å². The number of aromatic nitrogens is 1. The van der Waals surface area contributed by atoms with Crippen LogP contribution in [0.15, 0.2) is 17.1 Å². The smallest absolute Gasteiger partial charge is 0.0791 e. The Bertz CT molecular complexity index is 68.2. The minimum atomic E-state index is 1.47. The van der Waals surface area contributed by atoms with Crippen molar-refractivity contribution in [2.45, 2.75) is 0 Å². The summed E-state index contributed by atoms with van der Waals surface area (Å²) < 4.78 is 0. The molecule has 1 nitrogen and oxygen atoms in total. The van der Waals surface area contributed by atoms with Crippen molar-refractivity contribution in [1.29, 1.82) is 0 Å². The second-order valence-corrected chi connectivity index (χ2v) is 1.43. The molecule has 7 heavy (non-hydrogen) atoms. The number of hydrogen-bond donors (Lipinski definition) is 0. The molecule has 0 atom stereocenters. The highest BCUT2D eigenvalue weighted by atomic mass is 35.5. The molecule has 1 heterocycles. The van der Waals surface area contributed by atoms with Gasteiger partial charge in [-0.25, -0.2) is 0 Å². The lowest BCUT2D eigenvalue weighted by atomic mass is 11.0. The standard InChI is InChI=1S/C3H3NS.CH3Cl/c1-2-5-3-4-1;1-2/h1-3H;1H3. The molecule has 0 aromatic carbocycles. The van der Waals surface area contributed by atoms with E-state index in [1.165, 1.54) is 6.38 Å². The molecule has 0 aliphatic rings. The van der Waals surface area contributed by atoms with E-state index in [0.29, 0.717) is 0 Å². The third kappa shape index (κ3) is 3.76. The fourth-order valence-electron chi connectivity index (χ4n) is 0.176. The number of alkyl halides is 1. The molecule has 0 bridgehead atoms. The molecule has 0 saturated carbocycles. The zero-order chi connectivity index (χ0) is 5.54. The topological polar surface area (TPSA) is 12.9 Å². The van der Waals surface area contributed by atoms with Gasteiger partial charge < -0.3 is 0 Å². The van der Waals surface area contributed by atoms with Crippen molar-refractivity contribution in [2.75, 3.05) is 6.38 Å². The van der Waals surface area contributed by atoms with Crippen molar-refractivity contribution in [1.82, 2.24) is 4.98 Å². The summed E-state index contributed by atoms with van der Waals surface area (Å²) in [5.74, 6) is 0. The summed E-state index contributed by atoms with van der Waals surface area (Å²) in [6, 6.07) is 0. The van der Waals surface area contributed by atoms with E-state index in [-0.39, 0.29) is 0 Å². The Labute approximate surface area is 52.0 Å². The van der Waals surface area contributed by atoms with Crippen molar-refractivity contribution >= 4 is 22.9 Å². The maximum Gasteiger partial charge on any atom is 0.0791 e. The van der Waals surface area contributed by atoms with Crippen molar-refractivity contribution in [3.05, 3.63) is 17.1 Å². The molecule has 0 fully saturated rings. The molecule has 40 valence electrons. The van der Waals surface area contributed by atoms with E-state index in [9.17, 15) is 0 Å². The van der Waals surface area contributed by atoms with Crippen LogP contribution in [0.3, 0.4) is 0 Å². The predicted molar refractivity (Wildman–Crippen MR) is 33.9 cm³/mol. The van der Waals surface area contributed by atoms with E-state index in [4.69, 9.17) is 0 Å². The Morgan fingerprint density at radius 2 is 2.29 bits per heavy atom. The first-order chi connectivity index (χ1) is 3.50. The molecule has 3 heteroatoms. The maximum absolute atomic E-state index is 4.64. The quantitative estimate of drug-likeness (QED) is 0.496. The van der Waals surface area contributed by atoms with E-state index in [1.54, 1.807) is 23.0 Å². The van der Waals surface area contributed by atoms with E-state index in [2.05, 4.69) is 16.6 Å². The van der Waals surface area contributed by atoms with Gasteiger partial charge in [0.2, 0.25) is 0 Å². The molecule has 0 spiro atoms. The highest BCUT2D eigenvalue weighted by Gasteiger charge is 1.59. The van der Waals surface area contributed by atoms with Crippen molar-refractivity contribution in [2.24, 2.45) is 0 Å². The lowest BCUT2D eigenvalue weighted by Gasteiger charge is -1.41. The first-order valence-corrected chi connectivity index (χ1v) is 3.40. The van der Waals surface area contributed by atoms with Crippen LogP contribution in [0.25, 0.3) is 0 Å². The summed E-state index contributed by atoms with van der Waals surface area (Å²) in [6.07, 6.45) is 3.24. The van der Waals surface area contributed by atoms with Gasteiger partial charge in [-0.3, -0.25) is 4.98 Å². The first kappa shape index (κ1) is 6.92. The Morgan fingerprint density at radius 1 is 1.57 bits per heavy atom. The summed E-state index contributed by atoms with van der Waals surface area (Å²) in [6.45, 7) is 0. The minimum absolute atomic E-state index is 1.47. The molecule has 0 aliphatic heterocycles. The van der Waals surface area contributed by atoms with Crippen LogP contribution in [-0.2, 0) is 0 Å². The fourth-order valence-corrected chi connectivity index (χ4v) is 0.527. The van der Waals surface area contributed by atoms with Gasteiger partial charge in [-0.05, 0) is 0 Å². The SMILES string of the molecule is CCl.c1cscn1. The molecule has 1 rings (SSSR count). The molecular weight excluding hydrogens is 130 g/mol. The first-order valence-electron chi connectivity index (χ1n) is 1.70. The van der Waals surface area contributed by atoms with E-state index in [1.807, 2.05) is 5.38 Å². The minimum Gasteiger partial charge on any atom is -0.253 e. The third-order valence-electron chi connectivity index (χ3n) is 0.347. The van der Waals surface area contributed by atoms with Crippen molar-refractivity contribution in [3.63, 3.8) is 0 Å². The summed E-state index contributed by atoms with van der Waals surface area (Å²) in [7, 11) is 0. The second kappa shape index (κ2) is 5.92. The van der Waals surface area contributed by atoms with Crippen molar-refractivity contribution in [3.8, 4) is 0 Å². The van der Waals surface area contributed by atoms with E-state index >= 15 is 0 Å². The van der Waals surface area contributed by atoms with Gasteiger partial charge in [0, 0.05) is 18.0 Å². The zero-order valence-corrected chi connectivity index (χ0v) is 5.54. The molecule has 1 aromatic heterocycles. The van der Waals surface area contributed by atoms with Gasteiger partial charge in [0.25, 0.3) is 0 Å². The summed E-state index contributed by atoms with van der Waals surface area (Å²) in [4.78, 5) is 3.74. The lowest BCUT2D eigenvalue weighted by molar-refractivity contribution is 1.43. The summed E-state index contributed by atoms with van der Waals surface area (Å²) >= 11 is 6.24. The Hall–Kier alpha value is -0.0800. The summed E-state index contributed by atoms with van der Waals surface area (Å²) in [5, 5.41) is 1.93. The monoisotopic (exact) mass is 135 g/mol. The largest absolute Gasteiger partial charge is 0.253 e. The van der Waals surface area contributed by atoms with Gasteiger partial charge in [0.1, 0.15) is 0 Å². The van der Waals surface area contributed by atoms with Gasteiger partial charge in [-0.15, -0.1) is 22.9 Å². The maximum atomic E-state index is 4.64. The summed E-state index contributed by atoms with van der Waals surface area (Å²) in [5.41, 5.74) is 1.79. The van der Waals surface area contributed by atoms with Gasteiger partial charge in [-0.2, -0.15) is 0 Å². The lowest BCUT2D eigenvalue weighted by Crippen LogP contribution is -1.38. The second-order valence-electron chi connectivity index (χ2n) is 0.676. The van der Waals surface area contributed by atoms with Gasteiger partial charge >= 0.3 is 0 Å². The van der Waals surface area contributed by atoms with E-state index in [0.717, 1.165) is 0 Å². The number of hydrogen-bond acceptors (Lipinski definition) is 2. The van der Waals surface area contributed by atoms with Gasteiger partial charge in [0.15, 0.2) is 0 Å². The molecule has 0 radical (unpaired) electrons. The Kier molecular flexibility index (Phi) is 5.85. The number of nitrogens with zero attached hydrogens (tertiary/aromatic N) is 1.